The van der Waals surface area contributed by atoms with Gasteiger partial charge in [-0.1, -0.05) is 19.2 Å². The fraction of sp³-hybridized carbons (Fsp3) is 0.286. The van der Waals surface area contributed by atoms with Crippen molar-refractivity contribution in [1.29, 1.82) is 0 Å². The molecule has 0 aromatic heterocycles. The third kappa shape index (κ3) is 5.06. The van der Waals surface area contributed by atoms with Gasteiger partial charge in [-0.05, 0) is 6.04 Å². The summed E-state index contributed by atoms with van der Waals surface area (Å²) in [4.78, 5) is 11.0. The molecule has 0 aromatic carbocycles. The number of rotatable bonds is 6. The molecule has 0 saturated heterocycles. The van der Waals surface area contributed by atoms with Crippen molar-refractivity contribution in [3.05, 3.63) is 24.8 Å². The van der Waals surface area contributed by atoms with Crippen LogP contribution in [-0.2, 0) is 13.6 Å². The molecule has 12 heavy (non-hydrogen) atoms. The zero-order valence-electron chi connectivity index (χ0n) is 7.34. The first-order valence-electron chi connectivity index (χ1n) is 3.67. The Labute approximate surface area is 77.9 Å². The lowest BCUT2D eigenvalue weighted by molar-refractivity contribution is -0.137. The van der Waals surface area contributed by atoms with Gasteiger partial charge in [-0.3, -0.25) is 0 Å². The van der Waals surface area contributed by atoms with Gasteiger partial charge in [-0.2, -0.15) is 0 Å². The van der Waals surface area contributed by atoms with Crippen molar-refractivity contribution in [3.63, 3.8) is 0 Å². The summed E-state index contributed by atoms with van der Waals surface area (Å²) in [5.41, 5.74) is 0.513. The third-order valence-corrected chi connectivity index (χ3v) is 3.67. The van der Waals surface area contributed by atoms with E-state index in [1.165, 1.54) is 6.08 Å². The van der Waals surface area contributed by atoms with E-state index in [4.69, 9.17) is 8.85 Å². The molecule has 0 fully saturated rings. The summed E-state index contributed by atoms with van der Waals surface area (Å²) in [6, 6.07) is 0.680. The maximum atomic E-state index is 11.0. The second-order valence-corrected chi connectivity index (χ2v) is 5.45. The van der Waals surface area contributed by atoms with Gasteiger partial charge < -0.3 is 8.85 Å². The normalized spacial score (nSPS) is 10.3. The summed E-state index contributed by atoms with van der Waals surface area (Å²) in [6.07, 6.45) is 1.53. The minimum absolute atomic E-state index is 0.251. The van der Waals surface area contributed by atoms with Crippen LogP contribution in [0.2, 0.25) is 6.04 Å². The fourth-order valence-electron chi connectivity index (χ4n) is 0.564. The highest BCUT2D eigenvalue weighted by atomic mass is 28.3. The van der Waals surface area contributed by atoms with E-state index < -0.39 is 9.76 Å². The van der Waals surface area contributed by atoms with E-state index in [0.29, 0.717) is 11.6 Å². The fourth-order valence-corrected chi connectivity index (χ4v) is 1.83. The Bertz CT molecular complexity index is 179. The molecular formula is C7H14O3Si2. The third-order valence-electron chi connectivity index (χ3n) is 1.23. The van der Waals surface area contributed by atoms with Crippen LogP contribution in [0.3, 0.4) is 0 Å². The number of hydrogen-bond acceptors (Lipinski definition) is 3. The Balaban J connectivity index is 3.61. The maximum Gasteiger partial charge on any atom is 0.333 e. The van der Waals surface area contributed by atoms with Crippen LogP contribution in [0.25, 0.3) is 0 Å². The van der Waals surface area contributed by atoms with Crippen molar-refractivity contribution in [2.24, 2.45) is 0 Å². The molecule has 0 radical (unpaired) electrons. The van der Waals surface area contributed by atoms with Crippen molar-refractivity contribution in [1.82, 2.24) is 0 Å². The number of hydrogen-bond donors (Lipinski definition) is 0. The van der Waals surface area contributed by atoms with E-state index in [1.54, 1.807) is 0 Å². The summed E-state index contributed by atoms with van der Waals surface area (Å²) in [7, 11) is 0.189. The molecule has 0 aromatic rings. The lowest BCUT2D eigenvalue weighted by Crippen LogP contribution is -2.09. The molecule has 68 valence electrons. The Morgan fingerprint density at radius 3 is 2.83 bits per heavy atom. The molecule has 0 bridgehead atoms. The van der Waals surface area contributed by atoms with Crippen molar-refractivity contribution < 1.29 is 13.6 Å². The maximum absolute atomic E-state index is 11.0. The van der Waals surface area contributed by atoms with Gasteiger partial charge in [0.05, 0.1) is 0 Å². The van der Waals surface area contributed by atoms with Crippen LogP contribution in [0, 0.1) is 0 Å². The molecule has 0 aliphatic heterocycles. The van der Waals surface area contributed by atoms with E-state index in [0.717, 1.165) is 10.5 Å². The first-order chi connectivity index (χ1) is 5.72. The van der Waals surface area contributed by atoms with Gasteiger partial charge in [0.2, 0.25) is 0 Å². The number of ether oxygens (including phenoxy) is 1. The first kappa shape index (κ1) is 11.3. The van der Waals surface area contributed by atoms with Crippen molar-refractivity contribution in [2.75, 3.05) is 6.61 Å². The summed E-state index contributed by atoms with van der Waals surface area (Å²) in [5.74, 6) is -0.332. The van der Waals surface area contributed by atoms with Crippen LogP contribution in [0.1, 0.15) is 0 Å². The van der Waals surface area contributed by atoms with E-state index >= 15 is 0 Å². The summed E-state index contributed by atoms with van der Waals surface area (Å²) >= 11 is 0. The molecule has 0 unspecified atom stereocenters. The molecule has 0 aliphatic carbocycles. The van der Waals surface area contributed by atoms with Crippen LogP contribution < -0.4 is 0 Å². The van der Waals surface area contributed by atoms with Crippen LogP contribution in [0.4, 0.5) is 0 Å². The topological polar surface area (TPSA) is 35.5 Å². The second kappa shape index (κ2) is 7.02. The van der Waals surface area contributed by atoms with Gasteiger partial charge in [0.15, 0.2) is 0 Å². The predicted octanol–water partition coefficient (Wildman–Crippen LogP) is -0.929. The zero-order chi connectivity index (χ0) is 9.40. The Hall–Kier alpha value is -0.656. The van der Waals surface area contributed by atoms with Crippen molar-refractivity contribution in [2.45, 2.75) is 6.04 Å². The molecular weight excluding hydrogens is 188 g/mol. The molecule has 0 atom stereocenters. The highest BCUT2D eigenvalue weighted by Crippen LogP contribution is 2.00. The molecule has 5 heteroatoms. The number of carbonyl (C=O) groups excluding carboxylic acids is 1. The Morgan fingerprint density at radius 2 is 2.33 bits per heavy atom. The molecule has 0 rings (SSSR count). The lowest BCUT2D eigenvalue weighted by atomic mass is 10.4. The Kier molecular flexibility index (Phi) is 6.63. The minimum atomic E-state index is -0.556. The predicted molar refractivity (Wildman–Crippen MR) is 54.7 cm³/mol. The average Bonchev–Trinajstić information content (AvgIpc) is 2.10. The van der Waals surface area contributed by atoms with E-state index in [2.05, 4.69) is 13.2 Å². The molecule has 0 saturated carbocycles. The van der Waals surface area contributed by atoms with Crippen LogP contribution in [0.15, 0.2) is 24.8 Å². The van der Waals surface area contributed by atoms with Crippen LogP contribution >= 0.6 is 0 Å². The quantitative estimate of drug-likeness (QED) is 0.242. The number of esters is 1. The van der Waals surface area contributed by atoms with Crippen molar-refractivity contribution in [3.8, 4) is 0 Å². The largest absolute Gasteiger partial charge is 0.468 e. The highest BCUT2D eigenvalue weighted by Gasteiger charge is 2.06. The standard InChI is InChI=1S/C7H14O3Si2/c1-3-4-9-7(8)6(2)5-12-10-11/h3H,1-2,4-5,12H2,11H3. The van der Waals surface area contributed by atoms with E-state index in [9.17, 15) is 4.79 Å². The highest BCUT2D eigenvalue weighted by molar-refractivity contribution is 6.36. The zero-order valence-corrected chi connectivity index (χ0v) is 10.8. The van der Waals surface area contributed by atoms with Crippen LogP contribution in [-0.4, -0.2) is 32.8 Å². The first-order valence-corrected chi connectivity index (χ1v) is 6.06. The lowest BCUT2D eigenvalue weighted by Gasteiger charge is -2.03. The van der Waals surface area contributed by atoms with Gasteiger partial charge in [-0.15, -0.1) is 0 Å². The molecule has 0 aliphatic rings. The molecule has 0 amide bonds. The number of carbonyl (C=O) groups is 1. The summed E-state index contributed by atoms with van der Waals surface area (Å²) < 4.78 is 9.83. The van der Waals surface area contributed by atoms with E-state index in [-0.39, 0.29) is 12.6 Å². The van der Waals surface area contributed by atoms with E-state index in [1.807, 2.05) is 0 Å². The van der Waals surface area contributed by atoms with Crippen molar-refractivity contribution >= 4 is 26.2 Å². The molecule has 0 heterocycles. The van der Waals surface area contributed by atoms with Gasteiger partial charge in [0.1, 0.15) is 26.9 Å². The van der Waals surface area contributed by atoms with Gasteiger partial charge in [0.25, 0.3) is 0 Å². The average molecular weight is 202 g/mol. The summed E-state index contributed by atoms with van der Waals surface area (Å²) in [6.45, 7) is 7.29. The molecule has 3 nitrogen and oxygen atoms in total. The second-order valence-electron chi connectivity index (χ2n) is 2.23. The monoisotopic (exact) mass is 202 g/mol. The smallest absolute Gasteiger partial charge is 0.333 e. The SMILES string of the molecule is C=CCOC(=O)C(=C)C[SiH2]O[SiH3]. The van der Waals surface area contributed by atoms with Gasteiger partial charge in [0, 0.05) is 5.57 Å². The Morgan fingerprint density at radius 1 is 1.67 bits per heavy atom. The molecule has 0 N–H and O–H groups in total. The van der Waals surface area contributed by atoms with Gasteiger partial charge >= 0.3 is 5.97 Å². The minimum Gasteiger partial charge on any atom is -0.468 e. The summed E-state index contributed by atoms with van der Waals surface area (Å²) in [5, 5.41) is 0. The van der Waals surface area contributed by atoms with Crippen LogP contribution in [0.5, 0.6) is 0 Å². The molecule has 0 spiro atoms. The van der Waals surface area contributed by atoms with Gasteiger partial charge in [-0.25, -0.2) is 4.79 Å².